The molecule has 0 spiro atoms. The van der Waals surface area contributed by atoms with Crippen LogP contribution in [0.2, 0.25) is 0 Å². The fourth-order valence-electron chi connectivity index (χ4n) is 0. The van der Waals surface area contributed by atoms with Crippen molar-refractivity contribution in [3.63, 3.8) is 0 Å². The first-order chi connectivity index (χ1) is 1.00. The average molecular weight is 218 g/mol. The molecule has 0 saturated heterocycles. The van der Waals surface area contributed by atoms with Crippen molar-refractivity contribution in [1.29, 1.82) is 0 Å². The van der Waals surface area contributed by atoms with E-state index in [2.05, 4.69) is 7.44 Å². The quantitative estimate of drug-likeness (QED) is 0.408. The smallest absolute Gasteiger partial charge is 0.0304 e. The number of hydrogen-bond acceptors (Lipinski definition) is 0. The first kappa shape index (κ1) is 29.0. The molecule has 0 aliphatic heterocycles. The van der Waals surface area contributed by atoms with Gasteiger partial charge in [-0.3, -0.25) is 0 Å². The van der Waals surface area contributed by atoms with Gasteiger partial charge < -0.3 is 0 Å². The Morgan fingerprint density at radius 1 is 1.20 bits per heavy atom. The second kappa shape index (κ2) is 40.7. The molecule has 0 aliphatic rings. The maximum Gasteiger partial charge on any atom is 0.0852 e. The van der Waals surface area contributed by atoms with Gasteiger partial charge in [-0.15, -0.1) is 0 Å². The fraction of sp³-hybridized carbons (Fsp3) is 0. The van der Waals surface area contributed by atoms with Gasteiger partial charge in [-0.1, -0.05) is 0 Å². The summed E-state index contributed by atoms with van der Waals surface area (Å²) in [6.45, 7) is 0. The van der Waals surface area contributed by atoms with Crippen molar-refractivity contribution in [2.45, 2.75) is 0 Å². The summed E-state index contributed by atoms with van der Waals surface area (Å²) >= 11 is 0. The summed E-state index contributed by atoms with van der Waals surface area (Å²) < 4.78 is 0. The third-order valence-electron chi connectivity index (χ3n) is 0. The van der Waals surface area contributed by atoms with Gasteiger partial charge in [-0.25, -0.2) is 0 Å². The van der Waals surface area contributed by atoms with Crippen LogP contribution in [-0.2, 0) is 50.9 Å². The van der Waals surface area contributed by atoms with Gasteiger partial charge in [0.1, 0.15) is 0 Å². The van der Waals surface area contributed by atoms with Crippen molar-refractivity contribution in [1.82, 2.24) is 0 Å². The molecule has 0 aromatic heterocycles. The molecule has 1 radical (unpaired) electrons. The van der Waals surface area contributed by atoms with Crippen molar-refractivity contribution < 1.29 is 50.9 Å². The van der Waals surface area contributed by atoms with Crippen molar-refractivity contribution in [3.05, 3.63) is 0 Å². The minimum absolute atomic E-state index is 0. The Hall–Kier alpha value is 1.83. The first-order valence-corrected chi connectivity index (χ1v) is 3.00. The van der Waals surface area contributed by atoms with E-state index in [1.807, 2.05) is 0 Å². The van der Waals surface area contributed by atoms with Crippen molar-refractivity contribution in [2.24, 2.45) is 0 Å². The molecular formula is H5BCrCuNiSi. The molecule has 0 rings (SSSR count). The summed E-state index contributed by atoms with van der Waals surface area (Å²) in [4.78, 5) is 0. The van der Waals surface area contributed by atoms with E-state index in [4.69, 9.17) is 0 Å². The van der Waals surface area contributed by atoms with Gasteiger partial charge in [0, 0.05) is 50.9 Å². The zero-order chi connectivity index (χ0) is 2.00. The molecule has 0 amide bonds. The summed E-state index contributed by atoms with van der Waals surface area (Å²) in [5.41, 5.74) is 0. The molecule has 5 heteroatoms. The minimum Gasteiger partial charge on any atom is -0.0304 e. The van der Waals surface area contributed by atoms with Gasteiger partial charge >= 0.3 is 0 Å². The van der Waals surface area contributed by atoms with Crippen LogP contribution in [0.15, 0.2) is 0 Å². The molecule has 0 nitrogen and oxygen atoms in total. The van der Waals surface area contributed by atoms with E-state index in [1.54, 1.807) is 0 Å². The Morgan fingerprint density at radius 3 is 1.20 bits per heavy atom. The van der Waals surface area contributed by atoms with Crippen LogP contribution in [0.25, 0.3) is 0 Å². The second-order valence-electron chi connectivity index (χ2n) is 0. The Labute approximate surface area is 68.2 Å². The summed E-state index contributed by atoms with van der Waals surface area (Å²) in [6, 6.07) is 0. The number of hydrogen-bond donors (Lipinski definition) is 0. The molecule has 0 aliphatic carbocycles. The maximum absolute atomic E-state index is 2.14. The third kappa shape index (κ3) is 25.6. The maximum atomic E-state index is 2.14. The van der Waals surface area contributed by atoms with Crippen molar-refractivity contribution in [2.75, 3.05) is 0 Å². The molecule has 0 unspecified atom stereocenters. The zero-order valence-electron chi connectivity index (χ0n) is 3.03. The Bertz CT molecular complexity index is 11.6. The Morgan fingerprint density at radius 2 is 1.20 bits per heavy atom. The summed E-state index contributed by atoms with van der Waals surface area (Å²) in [6.07, 6.45) is 0. The Balaban J connectivity index is -0.00000000167. The van der Waals surface area contributed by atoms with Crippen LogP contribution in [0.5, 0.6) is 0 Å². The predicted molar refractivity (Wildman–Crippen MR) is 18.5 cm³/mol. The minimum atomic E-state index is 0. The molecular weight excluding hydrogens is 213 g/mol. The molecule has 0 aromatic rings. The molecule has 0 atom stereocenters. The molecule has 0 N–H and O–H groups in total. The van der Waals surface area contributed by atoms with Crippen LogP contribution < -0.4 is 0 Å². The summed E-state index contributed by atoms with van der Waals surface area (Å²) in [7, 11) is 3.44. The molecule has 5 heavy (non-hydrogen) atoms. The number of rotatable bonds is 0. The van der Waals surface area contributed by atoms with E-state index in [1.165, 1.54) is 10.1 Å². The molecule has 0 bridgehead atoms. The van der Waals surface area contributed by atoms with Crippen LogP contribution in [-0.4, -0.2) is 17.6 Å². The predicted octanol–water partition coefficient (Wildman–Crippen LogP) is -2.11. The van der Waals surface area contributed by atoms with E-state index in [0.29, 0.717) is 0 Å². The molecule has 39 valence electrons. The van der Waals surface area contributed by atoms with Crippen molar-refractivity contribution >= 4 is 17.6 Å². The molecule has 0 fully saturated rings. The largest absolute Gasteiger partial charge is 0.0852 e. The van der Waals surface area contributed by atoms with E-state index in [9.17, 15) is 0 Å². The van der Waals surface area contributed by atoms with Gasteiger partial charge in [-0.2, -0.15) is 0 Å². The van der Waals surface area contributed by atoms with E-state index >= 15 is 0 Å². The van der Waals surface area contributed by atoms with Crippen molar-refractivity contribution in [3.8, 4) is 0 Å². The zero-order valence-corrected chi connectivity index (χ0v) is 8.23. The van der Waals surface area contributed by atoms with Gasteiger partial charge in [0.25, 0.3) is 0 Å². The van der Waals surface area contributed by atoms with Gasteiger partial charge in [0.15, 0.2) is 0 Å². The van der Waals surface area contributed by atoms with Crippen LogP contribution in [0, 0.1) is 0 Å². The molecule has 0 saturated carbocycles. The van der Waals surface area contributed by atoms with Crippen LogP contribution in [0.1, 0.15) is 0 Å². The van der Waals surface area contributed by atoms with E-state index in [0.717, 1.165) is 0 Å². The normalized spacial score (nSPS) is 1.60. The standard InChI is InChI=1S/BH5Si.Cr.Cu.Ni/c1-2;;;/h1H2,2H3;;;. The van der Waals surface area contributed by atoms with E-state index < -0.39 is 0 Å². The fourth-order valence-corrected chi connectivity index (χ4v) is 0. The second-order valence-corrected chi connectivity index (χ2v) is 0. The molecule has 0 heterocycles. The van der Waals surface area contributed by atoms with Gasteiger partial charge in [-0.05, 0) is 10.1 Å². The molecule has 0 aromatic carbocycles. The van der Waals surface area contributed by atoms with Crippen LogP contribution >= 0.6 is 0 Å². The Kier molecular flexibility index (Phi) is 236. The van der Waals surface area contributed by atoms with Gasteiger partial charge in [0.2, 0.25) is 0 Å². The van der Waals surface area contributed by atoms with E-state index in [-0.39, 0.29) is 50.9 Å². The summed E-state index contributed by atoms with van der Waals surface area (Å²) in [5, 5.41) is 0. The SMILES string of the molecule is B[SiH3].[Cr].[Cu].[Ni]. The first-order valence-electron chi connectivity index (χ1n) is 1.00. The summed E-state index contributed by atoms with van der Waals surface area (Å²) in [5.74, 6) is 0. The topological polar surface area (TPSA) is 0 Å². The average Bonchev–Trinajstić information content (AvgIpc) is 1.00. The van der Waals surface area contributed by atoms with Gasteiger partial charge in [0.05, 0.1) is 7.44 Å². The van der Waals surface area contributed by atoms with Crippen LogP contribution in [0.3, 0.4) is 0 Å². The third-order valence-corrected chi connectivity index (χ3v) is 0. The van der Waals surface area contributed by atoms with Crippen LogP contribution in [0.4, 0.5) is 0 Å². The monoisotopic (exact) mass is 217 g/mol.